The van der Waals surface area contributed by atoms with E-state index in [-0.39, 0.29) is 10.3 Å². The van der Waals surface area contributed by atoms with E-state index in [1.807, 2.05) is 0 Å². The molecule has 0 unspecified atom stereocenters. The summed E-state index contributed by atoms with van der Waals surface area (Å²) in [6.07, 6.45) is 1.15. The highest BCUT2D eigenvalue weighted by atomic mass is 79.9. The summed E-state index contributed by atoms with van der Waals surface area (Å²) in [5, 5.41) is 0.492. The molecule has 3 aromatic rings. The van der Waals surface area contributed by atoms with Crippen molar-refractivity contribution in [2.45, 2.75) is 4.90 Å². The molecule has 2 aromatic carbocycles. The molecular formula is C16H11BrO4S. The van der Waals surface area contributed by atoms with Crippen molar-refractivity contribution in [1.82, 2.24) is 0 Å². The SMILES string of the molecule is CS(=O)(=O)c1ccc(-c2oc3ccccc3c(=O)c2Br)cc1. The molecule has 0 saturated carbocycles. The molecule has 6 heteroatoms. The van der Waals surface area contributed by atoms with Gasteiger partial charge in [0.05, 0.1) is 10.3 Å². The van der Waals surface area contributed by atoms with Crippen LogP contribution in [0.4, 0.5) is 0 Å². The standard InChI is InChI=1S/C16H11BrO4S/c1-22(19,20)11-8-6-10(7-9-11)16-14(17)15(18)12-4-2-3-5-13(12)21-16/h2-9H,1H3. The molecule has 0 N–H and O–H groups in total. The fourth-order valence-electron chi connectivity index (χ4n) is 2.16. The van der Waals surface area contributed by atoms with Crippen molar-refractivity contribution in [3.8, 4) is 11.3 Å². The second-order valence-electron chi connectivity index (χ2n) is 4.87. The van der Waals surface area contributed by atoms with Gasteiger partial charge in [-0.3, -0.25) is 4.79 Å². The number of fused-ring (bicyclic) bond motifs is 1. The lowest BCUT2D eigenvalue weighted by Crippen LogP contribution is -2.04. The van der Waals surface area contributed by atoms with Crippen LogP contribution in [0.25, 0.3) is 22.3 Å². The minimum Gasteiger partial charge on any atom is -0.455 e. The molecule has 0 saturated heterocycles. The largest absolute Gasteiger partial charge is 0.455 e. The molecule has 1 aromatic heterocycles. The van der Waals surface area contributed by atoms with Crippen molar-refractivity contribution in [3.63, 3.8) is 0 Å². The second-order valence-corrected chi connectivity index (χ2v) is 7.68. The van der Waals surface area contributed by atoms with E-state index in [0.717, 1.165) is 6.26 Å². The molecule has 0 aliphatic rings. The maximum absolute atomic E-state index is 12.3. The quantitative estimate of drug-likeness (QED) is 0.682. The van der Waals surface area contributed by atoms with Crippen LogP contribution < -0.4 is 5.43 Å². The van der Waals surface area contributed by atoms with Gasteiger partial charge in [0.1, 0.15) is 10.1 Å². The molecule has 1 heterocycles. The lowest BCUT2D eigenvalue weighted by Gasteiger charge is -2.06. The zero-order valence-electron chi connectivity index (χ0n) is 11.5. The molecular weight excluding hydrogens is 368 g/mol. The summed E-state index contributed by atoms with van der Waals surface area (Å²) >= 11 is 3.27. The van der Waals surface area contributed by atoms with Crippen molar-refractivity contribution in [2.24, 2.45) is 0 Å². The Kier molecular flexibility index (Phi) is 3.66. The third-order valence-corrected chi connectivity index (χ3v) is 5.14. The molecule has 0 bridgehead atoms. The first-order valence-electron chi connectivity index (χ1n) is 6.40. The molecule has 0 amide bonds. The smallest absolute Gasteiger partial charge is 0.207 e. The fraction of sp³-hybridized carbons (Fsp3) is 0.0625. The number of benzene rings is 2. The van der Waals surface area contributed by atoms with Gasteiger partial charge in [-0.2, -0.15) is 0 Å². The average Bonchev–Trinajstić information content (AvgIpc) is 2.50. The van der Waals surface area contributed by atoms with Gasteiger partial charge in [-0.25, -0.2) is 8.42 Å². The second kappa shape index (κ2) is 5.37. The Labute approximate surface area is 135 Å². The Bertz CT molecular complexity index is 1020. The maximum Gasteiger partial charge on any atom is 0.207 e. The topological polar surface area (TPSA) is 64.3 Å². The molecule has 0 radical (unpaired) electrons. The van der Waals surface area contributed by atoms with Crippen LogP contribution in [0.1, 0.15) is 0 Å². The number of hydrogen-bond acceptors (Lipinski definition) is 4. The van der Waals surface area contributed by atoms with E-state index >= 15 is 0 Å². The van der Waals surface area contributed by atoms with Crippen molar-refractivity contribution in [2.75, 3.05) is 6.26 Å². The van der Waals surface area contributed by atoms with Gasteiger partial charge in [-0.05, 0) is 52.3 Å². The molecule has 3 rings (SSSR count). The molecule has 0 spiro atoms. The van der Waals surface area contributed by atoms with Gasteiger partial charge in [-0.1, -0.05) is 12.1 Å². The first-order valence-corrected chi connectivity index (χ1v) is 9.08. The van der Waals surface area contributed by atoms with Crippen LogP contribution in [0.2, 0.25) is 0 Å². The number of halogens is 1. The Morgan fingerprint density at radius 2 is 1.64 bits per heavy atom. The van der Waals surface area contributed by atoms with Crippen LogP contribution in [-0.4, -0.2) is 14.7 Å². The molecule has 0 atom stereocenters. The number of hydrogen-bond donors (Lipinski definition) is 0. The summed E-state index contributed by atoms with van der Waals surface area (Å²) in [6.45, 7) is 0. The van der Waals surface area contributed by atoms with E-state index in [2.05, 4.69) is 15.9 Å². The van der Waals surface area contributed by atoms with Crippen LogP contribution in [0.5, 0.6) is 0 Å². The predicted octanol–water partition coefficient (Wildman–Crippen LogP) is 3.63. The summed E-state index contributed by atoms with van der Waals surface area (Å²) in [4.78, 5) is 12.6. The van der Waals surface area contributed by atoms with Crippen LogP contribution in [0.3, 0.4) is 0 Å². The van der Waals surface area contributed by atoms with E-state index in [0.29, 0.717) is 26.8 Å². The normalized spacial score (nSPS) is 11.7. The minimum atomic E-state index is -3.26. The third kappa shape index (κ3) is 2.60. The molecule has 22 heavy (non-hydrogen) atoms. The summed E-state index contributed by atoms with van der Waals surface area (Å²) in [6, 6.07) is 13.2. The fourth-order valence-corrected chi connectivity index (χ4v) is 3.31. The summed E-state index contributed by atoms with van der Waals surface area (Å²) < 4.78 is 29.1. The average molecular weight is 379 g/mol. The molecule has 4 nitrogen and oxygen atoms in total. The highest BCUT2D eigenvalue weighted by Gasteiger charge is 2.14. The molecule has 0 aliphatic heterocycles. The monoisotopic (exact) mass is 378 g/mol. The van der Waals surface area contributed by atoms with E-state index in [4.69, 9.17) is 4.42 Å². The summed E-state index contributed by atoms with van der Waals surface area (Å²) in [5.41, 5.74) is 0.948. The van der Waals surface area contributed by atoms with Crippen molar-refractivity contribution < 1.29 is 12.8 Å². The Morgan fingerprint density at radius 1 is 1.00 bits per heavy atom. The number of para-hydroxylation sites is 1. The van der Waals surface area contributed by atoms with E-state index in [1.165, 1.54) is 12.1 Å². The first-order chi connectivity index (χ1) is 10.4. The van der Waals surface area contributed by atoms with E-state index in [9.17, 15) is 13.2 Å². The lowest BCUT2D eigenvalue weighted by atomic mass is 10.1. The number of sulfone groups is 1. The molecule has 0 aliphatic carbocycles. The van der Waals surface area contributed by atoms with Crippen molar-refractivity contribution >= 4 is 36.7 Å². The predicted molar refractivity (Wildman–Crippen MR) is 88.7 cm³/mol. The van der Waals surface area contributed by atoms with E-state index in [1.54, 1.807) is 36.4 Å². The minimum absolute atomic E-state index is 0.163. The zero-order chi connectivity index (χ0) is 15.9. The summed E-state index contributed by atoms with van der Waals surface area (Å²) in [5.74, 6) is 0.378. The Balaban J connectivity index is 2.22. The van der Waals surface area contributed by atoms with Crippen LogP contribution in [0, 0.1) is 0 Å². The zero-order valence-corrected chi connectivity index (χ0v) is 13.9. The Morgan fingerprint density at radius 3 is 2.27 bits per heavy atom. The van der Waals surface area contributed by atoms with Gasteiger partial charge in [-0.15, -0.1) is 0 Å². The highest BCUT2D eigenvalue weighted by molar-refractivity contribution is 9.10. The van der Waals surface area contributed by atoms with Gasteiger partial charge in [0, 0.05) is 11.8 Å². The van der Waals surface area contributed by atoms with Gasteiger partial charge in [0.15, 0.2) is 15.6 Å². The van der Waals surface area contributed by atoms with Crippen LogP contribution in [0.15, 0.2) is 67.1 Å². The van der Waals surface area contributed by atoms with Crippen molar-refractivity contribution in [3.05, 3.63) is 63.2 Å². The lowest BCUT2D eigenvalue weighted by molar-refractivity contribution is 0.601. The highest BCUT2D eigenvalue weighted by Crippen LogP contribution is 2.29. The van der Waals surface area contributed by atoms with Crippen LogP contribution >= 0.6 is 15.9 Å². The Hall–Kier alpha value is -1.92. The van der Waals surface area contributed by atoms with Gasteiger partial charge < -0.3 is 4.42 Å². The third-order valence-electron chi connectivity index (χ3n) is 3.29. The maximum atomic E-state index is 12.3. The van der Waals surface area contributed by atoms with Crippen molar-refractivity contribution in [1.29, 1.82) is 0 Å². The van der Waals surface area contributed by atoms with Gasteiger partial charge in [0.25, 0.3) is 0 Å². The number of rotatable bonds is 2. The summed E-state index contributed by atoms with van der Waals surface area (Å²) in [7, 11) is -3.26. The van der Waals surface area contributed by atoms with Crippen LogP contribution in [-0.2, 0) is 9.84 Å². The molecule has 0 fully saturated rings. The van der Waals surface area contributed by atoms with E-state index < -0.39 is 9.84 Å². The van der Waals surface area contributed by atoms with Gasteiger partial charge in [0.2, 0.25) is 5.43 Å². The van der Waals surface area contributed by atoms with Gasteiger partial charge >= 0.3 is 0 Å². The first kappa shape index (κ1) is 15.0. The molecule has 112 valence electrons.